The average Bonchev–Trinajstić information content (AvgIpc) is 2.67. The third kappa shape index (κ3) is 3.09. The third-order valence-electron chi connectivity index (χ3n) is 3.26. The molecule has 0 radical (unpaired) electrons. The van der Waals surface area contributed by atoms with E-state index in [1.807, 2.05) is 0 Å². The van der Waals surface area contributed by atoms with Crippen molar-refractivity contribution >= 4 is 11.9 Å². The van der Waals surface area contributed by atoms with Gasteiger partial charge in [0.25, 0.3) is 0 Å². The molecule has 0 spiro atoms. The van der Waals surface area contributed by atoms with Crippen LogP contribution >= 0.6 is 0 Å². The van der Waals surface area contributed by atoms with Crippen molar-refractivity contribution in [3.05, 3.63) is 0 Å². The molecule has 0 aromatic carbocycles. The van der Waals surface area contributed by atoms with Crippen LogP contribution in [0.3, 0.4) is 0 Å². The molecule has 0 bridgehead atoms. The van der Waals surface area contributed by atoms with Gasteiger partial charge in [0.15, 0.2) is 0 Å². The Labute approximate surface area is 101 Å². The first-order valence-corrected chi connectivity index (χ1v) is 6.01. The van der Waals surface area contributed by atoms with E-state index in [0.717, 1.165) is 6.54 Å². The molecule has 3 amide bonds. The summed E-state index contributed by atoms with van der Waals surface area (Å²) in [5.74, 6) is 0.410. The fourth-order valence-corrected chi connectivity index (χ4v) is 2.20. The van der Waals surface area contributed by atoms with E-state index in [0.29, 0.717) is 39.3 Å². The Morgan fingerprint density at radius 2 is 2.18 bits per heavy atom. The van der Waals surface area contributed by atoms with Crippen molar-refractivity contribution in [3.63, 3.8) is 0 Å². The summed E-state index contributed by atoms with van der Waals surface area (Å²) in [4.78, 5) is 26.6. The van der Waals surface area contributed by atoms with Gasteiger partial charge in [0.1, 0.15) is 0 Å². The summed E-state index contributed by atoms with van der Waals surface area (Å²) < 4.78 is 5.18. The normalized spacial score (nSPS) is 25.2. The van der Waals surface area contributed by atoms with Gasteiger partial charge in [-0.25, -0.2) is 4.79 Å². The fourth-order valence-electron chi connectivity index (χ4n) is 2.20. The van der Waals surface area contributed by atoms with Crippen LogP contribution in [0.1, 0.15) is 6.42 Å². The van der Waals surface area contributed by atoms with Gasteiger partial charge in [-0.05, 0) is 0 Å². The molecule has 2 aliphatic heterocycles. The van der Waals surface area contributed by atoms with Crippen molar-refractivity contribution in [1.82, 2.24) is 15.1 Å². The summed E-state index contributed by atoms with van der Waals surface area (Å²) in [5, 5.41) is 2.89. The zero-order valence-electron chi connectivity index (χ0n) is 10.1. The Morgan fingerprint density at radius 3 is 2.76 bits per heavy atom. The van der Waals surface area contributed by atoms with Crippen molar-refractivity contribution < 1.29 is 14.3 Å². The quantitative estimate of drug-likeness (QED) is 0.709. The molecule has 2 heterocycles. The summed E-state index contributed by atoms with van der Waals surface area (Å²) in [7, 11) is 1.80. The first-order valence-electron chi connectivity index (χ1n) is 6.01. The third-order valence-corrected chi connectivity index (χ3v) is 3.26. The van der Waals surface area contributed by atoms with E-state index in [1.165, 1.54) is 0 Å². The van der Waals surface area contributed by atoms with Gasteiger partial charge in [-0.1, -0.05) is 0 Å². The van der Waals surface area contributed by atoms with Crippen molar-refractivity contribution in [2.24, 2.45) is 5.92 Å². The van der Waals surface area contributed by atoms with Crippen LogP contribution in [-0.2, 0) is 9.53 Å². The number of hydrogen-bond donors (Lipinski definition) is 1. The molecule has 1 N–H and O–H groups in total. The number of carbonyl (C=O) groups is 2. The number of hydrogen-bond acceptors (Lipinski definition) is 3. The van der Waals surface area contributed by atoms with Crippen molar-refractivity contribution in [2.75, 3.05) is 46.4 Å². The molecule has 1 atom stereocenters. The molecule has 1 unspecified atom stereocenters. The molecule has 17 heavy (non-hydrogen) atoms. The van der Waals surface area contributed by atoms with E-state index in [1.54, 1.807) is 16.8 Å². The van der Waals surface area contributed by atoms with Crippen molar-refractivity contribution in [1.29, 1.82) is 0 Å². The topological polar surface area (TPSA) is 61.9 Å². The second-order valence-corrected chi connectivity index (χ2v) is 4.63. The van der Waals surface area contributed by atoms with Gasteiger partial charge >= 0.3 is 6.03 Å². The number of amides is 3. The Hall–Kier alpha value is -1.30. The number of carbonyl (C=O) groups excluding carboxylic acids is 2. The lowest BCUT2D eigenvalue weighted by molar-refractivity contribution is -0.126. The molecule has 6 nitrogen and oxygen atoms in total. The van der Waals surface area contributed by atoms with Gasteiger partial charge in [-0.2, -0.15) is 0 Å². The Bertz CT molecular complexity index is 302. The van der Waals surface area contributed by atoms with Gasteiger partial charge in [-0.15, -0.1) is 0 Å². The maximum atomic E-state index is 11.8. The Kier molecular flexibility index (Phi) is 3.83. The number of rotatable bonds is 2. The predicted molar refractivity (Wildman–Crippen MR) is 61.5 cm³/mol. The lowest BCUT2D eigenvalue weighted by Crippen LogP contribution is -2.47. The highest BCUT2D eigenvalue weighted by Crippen LogP contribution is 2.14. The second kappa shape index (κ2) is 5.35. The Morgan fingerprint density at radius 1 is 1.47 bits per heavy atom. The van der Waals surface area contributed by atoms with Crippen LogP contribution in [0.4, 0.5) is 4.79 Å². The van der Waals surface area contributed by atoms with E-state index in [-0.39, 0.29) is 17.9 Å². The molecular weight excluding hydrogens is 222 g/mol. The molecule has 2 rings (SSSR count). The van der Waals surface area contributed by atoms with E-state index < -0.39 is 0 Å². The minimum atomic E-state index is -0.0460. The SMILES string of the molecule is CN1CC(CNC(=O)N2CCOCC2)CC1=O. The first kappa shape index (κ1) is 12.2. The van der Waals surface area contributed by atoms with Gasteiger partial charge < -0.3 is 19.9 Å². The standard InChI is InChI=1S/C11H19N3O3/c1-13-8-9(6-10(13)15)7-12-11(16)14-2-4-17-5-3-14/h9H,2-8H2,1H3,(H,12,16). The number of nitrogens with one attached hydrogen (secondary N) is 1. The summed E-state index contributed by atoms with van der Waals surface area (Å²) in [5.41, 5.74) is 0. The highest BCUT2D eigenvalue weighted by Gasteiger charge is 2.27. The van der Waals surface area contributed by atoms with E-state index in [2.05, 4.69) is 5.32 Å². The predicted octanol–water partition coefficient (Wildman–Crippen LogP) is -0.493. The van der Waals surface area contributed by atoms with Gasteiger partial charge in [0.05, 0.1) is 13.2 Å². The molecule has 2 fully saturated rings. The molecule has 2 saturated heterocycles. The van der Waals surface area contributed by atoms with Crippen LogP contribution in [0.2, 0.25) is 0 Å². The molecule has 6 heteroatoms. The van der Waals surface area contributed by atoms with Gasteiger partial charge in [0, 0.05) is 45.6 Å². The van der Waals surface area contributed by atoms with Gasteiger partial charge in [0.2, 0.25) is 5.91 Å². The van der Waals surface area contributed by atoms with Crippen LogP contribution in [0.5, 0.6) is 0 Å². The maximum Gasteiger partial charge on any atom is 0.317 e. The summed E-state index contributed by atoms with van der Waals surface area (Å²) >= 11 is 0. The van der Waals surface area contributed by atoms with Crippen LogP contribution in [0.15, 0.2) is 0 Å². The lowest BCUT2D eigenvalue weighted by Gasteiger charge is -2.27. The average molecular weight is 241 g/mol. The lowest BCUT2D eigenvalue weighted by atomic mass is 10.1. The van der Waals surface area contributed by atoms with Crippen LogP contribution in [0, 0.1) is 5.92 Å². The smallest absolute Gasteiger partial charge is 0.317 e. The summed E-state index contributed by atoms with van der Waals surface area (Å²) in [6, 6.07) is -0.0460. The Balaban J connectivity index is 1.71. The number of ether oxygens (including phenoxy) is 1. The van der Waals surface area contributed by atoms with Crippen LogP contribution in [-0.4, -0.2) is 68.2 Å². The molecule has 0 aromatic heterocycles. The number of morpholine rings is 1. The number of nitrogens with zero attached hydrogens (tertiary/aromatic N) is 2. The van der Waals surface area contributed by atoms with E-state index in [4.69, 9.17) is 4.74 Å². The largest absolute Gasteiger partial charge is 0.378 e. The van der Waals surface area contributed by atoms with Crippen molar-refractivity contribution in [3.8, 4) is 0 Å². The molecule has 0 aliphatic carbocycles. The summed E-state index contributed by atoms with van der Waals surface area (Å²) in [6.45, 7) is 3.83. The minimum Gasteiger partial charge on any atom is -0.378 e. The fraction of sp³-hybridized carbons (Fsp3) is 0.818. The number of urea groups is 1. The molecule has 0 aromatic rings. The molecule has 96 valence electrons. The molecule has 2 aliphatic rings. The van der Waals surface area contributed by atoms with E-state index in [9.17, 15) is 9.59 Å². The highest BCUT2D eigenvalue weighted by atomic mass is 16.5. The molecule has 0 saturated carbocycles. The van der Waals surface area contributed by atoms with E-state index >= 15 is 0 Å². The second-order valence-electron chi connectivity index (χ2n) is 4.63. The van der Waals surface area contributed by atoms with Crippen LogP contribution < -0.4 is 5.32 Å². The maximum absolute atomic E-state index is 11.8. The van der Waals surface area contributed by atoms with Gasteiger partial charge in [-0.3, -0.25) is 4.79 Å². The zero-order valence-corrected chi connectivity index (χ0v) is 10.1. The molecular formula is C11H19N3O3. The monoisotopic (exact) mass is 241 g/mol. The first-order chi connectivity index (χ1) is 8.16. The van der Waals surface area contributed by atoms with Crippen molar-refractivity contribution in [2.45, 2.75) is 6.42 Å². The van der Waals surface area contributed by atoms with Crippen LogP contribution in [0.25, 0.3) is 0 Å². The minimum absolute atomic E-state index is 0.0460. The number of likely N-dealkylation sites (tertiary alicyclic amines) is 1. The highest BCUT2D eigenvalue weighted by molar-refractivity contribution is 5.78. The summed E-state index contributed by atoms with van der Waals surface area (Å²) in [6.07, 6.45) is 0.542. The zero-order chi connectivity index (χ0) is 12.3.